The highest BCUT2D eigenvalue weighted by atomic mass is 35.5. The lowest BCUT2D eigenvalue weighted by Crippen LogP contribution is -2.07. The van der Waals surface area contributed by atoms with E-state index in [1.54, 1.807) is 24.3 Å². The number of pyridine rings is 2. The summed E-state index contributed by atoms with van der Waals surface area (Å²) in [5, 5.41) is 11.9. The fraction of sp³-hybridized carbons (Fsp3) is 0. The van der Waals surface area contributed by atoms with E-state index in [1.807, 2.05) is 0 Å². The highest BCUT2D eigenvalue weighted by molar-refractivity contribution is 7.95. The smallest absolute Gasteiger partial charge is 0.235 e. The Labute approximate surface area is 126 Å². The second kappa shape index (κ2) is 6.35. The number of allylic oxidation sites excluding steroid dienone is 1. The van der Waals surface area contributed by atoms with Gasteiger partial charge in [0.1, 0.15) is 11.9 Å². The van der Waals surface area contributed by atoms with Gasteiger partial charge in [-0.3, -0.25) is 0 Å². The minimum atomic E-state index is -3.96. The number of hydrogen-bond acceptors (Lipinski definition) is 6. The molecule has 2 heterocycles. The van der Waals surface area contributed by atoms with Gasteiger partial charge in [0.15, 0.2) is 9.93 Å². The number of halogens is 1. The van der Waals surface area contributed by atoms with Crippen molar-refractivity contribution in [3.05, 3.63) is 58.9 Å². The van der Waals surface area contributed by atoms with Crippen LogP contribution in [0.2, 0.25) is 5.02 Å². The van der Waals surface area contributed by atoms with Gasteiger partial charge >= 0.3 is 0 Å². The van der Waals surface area contributed by atoms with Crippen LogP contribution in [0.3, 0.4) is 0 Å². The average Bonchev–Trinajstić information content (AvgIpc) is 2.50. The van der Waals surface area contributed by atoms with E-state index in [0.717, 1.165) is 6.20 Å². The molecule has 6 nitrogen and oxygen atoms in total. The van der Waals surface area contributed by atoms with Crippen LogP contribution in [0.5, 0.6) is 0 Å². The van der Waals surface area contributed by atoms with Crippen molar-refractivity contribution in [1.29, 1.82) is 5.26 Å². The standard InChI is InChI=1S/C13H9ClN4O2S/c14-10-4-5-12(17-8-10)18-9-11(7-15)21(19,20)13-3-1-2-6-16-13/h1-6,8-9H,(H,17,18)/b11-9-. The fourth-order valence-electron chi connectivity index (χ4n) is 1.39. The highest BCUT2D eigenvalue weighted by Crippen LogP contribution is 2.16. The van der Waals surface area contributed by atoms with Crippen LogP contribution in [0.15, 0.2) is 58.9 Å². The Morgan fingerprint density at radius 3 is 2.67 bits per heavy atom. The summed E-state index contributed by atoms with van der Waals surface area (Å²) in [6, 6.07) is 9.22. The molecule has 0 bridgehead atoms. The van der Waals surface area contributed by atoms with Gasteiger partial charge < -0.3 is 5.32 Å². The van der Waals surface area contributed by atoms with Crippen molar-refractivity contribution in [1.82, 2.24) is 9.97 Å². The second-order valence-corrected chi connectivity index (χ2v) is 6.10. The van der Waals surface area contributed by atoms with Crippen LogP contribution in [0.1, 0.15) is 0 Å². The van der Waals surface area contributed by atoms with Gasteiger partial charge in [-0.05, 0) is 24.3 Å². The maximum atomic E-state index is 12.2. The van der Waals surface area contributed by atoms with E-state index < -0.39 is 14.7 Å². The van der Waals surface area contributed by atoms with Crippen LogP contribution in [-0.2, 0) is 9.84 Å². The largest absolute Gasteiger partial charge is 0.345 e. The van der Waals surface area contributed by atoms with Crippen LogP contribution in [0.25, 0.3) is 0 Å². The molecular weight excluding hydrogens is 312 g/mol. The first-order valence-electron chi connectivity index (χ1n) is 5.68. The number of anilines is 1. The molecule has 8 heteroatoms. The molecule has 0 saturated carbocycles. The van der Waals surface area contributed by atoms with Gasteiger partial charge in [0.05, 0.1) is 5.02 Å². The lowest BCUT2D eigenvalue weighted by atomic mass is 10.4. The molecule has 0 fully saturated rings. The SMILES string of the molecule is N#C/C(=C/Nc1ccc(Cl)cn1)S(=O)(=O)c1ccccn1. The van der Waals surface area contributed by atoms with Gasteiger partial charge in [0.25, 0.3) is 0 Å². The van der Waals surface area contributed by atoms with E-state index in [4.69, 9.17) is 16.9 Å². The average molecular weight is 321 g/mol. The summed E-state index contributed by atoms with van der Waals surface area (Å²) in [6.45, 7) is 0. The molecule has 0 aliphatic rings. The minimum absolute atomic E-state index is 0.191. The zero-order chi connectivity index (χ0) is 15.3. The van der Waals surface area contributed by atoms with E-state index >= 15 is 0 Å². The van der Waals surface area contributed by atoms with Crippen molar-refractivity contribution < 1.29 is 8.42 Å². The Balaban J connectivity index is 2.29. The molecule has 0 amide bonds. The number of nitrogens with zero attached hydrogens (tertiary/aromatic N) is 3. The van der Waals surface area contributed by atoms with Gasteiger partial charge in [0, 0.05) is 18.6 Å². The zero-order valence-corrected chi connectivity index (χ0v) is 12.1. The Hall–Kier alpha value is -2.43. The number of rotatable bonds is 4. The Bertz CT molecular complexity index is 796. The minimum Gasteiger partial charge on any atom is -0.345 e. The fourth-order valence-corrected chi connectivity index (χ4v) is 2.52. The van der Waals surface area contributed by atoms with Gasteiger partial charge in [0.2, 0.25) is 9.84 Å². The summed E-state index contributed by atoms with van der Waals surface area (Å²) in [4.78, 5) is 7.22. The molecule has 0 spiro atoms. The molecule has 1 N–H and O–H groups in total. The Morgan fingerprint density at radius 1 is 1.29 bits per heavy atom. The molecule has 21 heavy (non-hydrogen) atoms. The van der Waals surface area contributed by atoms with Crippen molar-refractivity contribution in [3.8, 4) is 6.07 Å². The molecule has 0 saturated heterocycles. The summed E-state index contributed by atoms with van der Waals surface area (Å²) >= 11 is 5.69. The topological polar surface area (TPSA) is 95.7 Å². The van der Waals surface area contributed by atoms with Crippen molar-refractivity contribution in [3.63, 3.8) is 0 Å². The quantitative estimate of drug-likeness (QED) is 0.869. The van der Waals surface area contributed by atoms with Crippen molar-refractivity contribution in [2.75, 3.05) is 5.32 Å². The first-order chi connectivity index (χ1) is 10.0. The predicted octanol–water partition coefficient (Wildman–Crippen LogP) is 2.38. The van der Waals surface area contributed by atoms with Crippen LogP contribution in [0, 0.1) is 11.3 Å². The van der Waals surface area contributed by atoms with E-state index in [1.165, 1.54) is 24.5 Å². The summed E-state index contributed by atoms with van der Waals surface area (Å²) in [5.41, 5.74) is 0. The lowest BCUT2D eigenvalue weighted by molar-refractivity contribution is 0.599. The molecule has 0 atom stereocenters. The lowest BCUT2D eigenvalue weighted by Gasteiger charge is -2.03. The van der Waals surface area contributed by atoms with Crippen LogP contribution in [0.4, 0.5) is 5.82 Å². The van der Waals surface area contributed by atoms with E-state index in [-0.39, 0.29) is 5.03 Å². The monoisotopic (exact) mass is 320 g/mol. The van der Waals surface area contributed by atoms with E-state index in [2.05, 4.69) is 15.3 Å². The van der Waals surface area contributed by atoms with Crippen LogP contribution in [-0.4, -0.2) is 18.4 Å². The Morgan fingerprint density at radius 2 is 2.10 bits per heavy atom. The predicted molar refractivity (Wildman–Crippen MR) is 78.0 cm³/mol. The molecular formula is C13H9ClN4O2S. The second-order valence-electron chi connectivity index (χ2n) is 3.80. The maximum Gasteiger partial charge on any atom is 0.235 e. The molecule has 2 rings (SSSR count). The number of hydrogen-bond donors (Lipinski definition) is 1. The third-order valence-electron chi connectivity index (χ3n) is 2.39. The summed E-state index contributed by atoms with van der Waals surface area (Å²) in [6.07, 6.45) is 3.81. The zero-order valence-electron chi connectivity index (χ0n) is 10.6. The first kappa shape index (κ1) is 15.0. The van der Waals surface area contributed by atoms with Crippen molar-refractivity contribution >= 4 is 27.3 Å². The highest BCUT2D eigenvalue weighted by Gasteiger charge is 2.21. The molecule has 0 radical (unpaired) electrons. The van der Waals surface area contributed by atoms with Gasteiger partial charge in [-0.25, -0.2) is 18.4 Å². The summed E-state index contributed by atoms with van der Waals surface area (Å²) in [7, 11) is -3.96. The number of nitriles is 1. The van der Waals surface area contributed by atoms with E-state index in [9.17, 15) is 8.42 Å². The van der Waals surface area contributed by atoms with Gasteiger partial charge in [-0.1, -0.05) is 17.7 Å². The van der Waals surface area contributed by atoms with Gasteiger partial charge in [-0.2, -0.15) is 5.26 Å². The molecule has 2 aromatic rings. The molecule has 106 valence electrons. The van der Waals surface area contributed by atoms with E-state index in [0.29, 0.717) is 10.8 Å². The summed E-state index contributed by atoms with van der Waals surface area (Å²) < 4.78 is 24.4. The third kappa shape index (κ3) is 3.56. The first-order valence-corrected chi connectivity index (χ1v) is 7.54. The Kier molecular flexibility index (Phi) is 4.52. The normalized spacial score (nSPS) is 11.7. The molecule has 0 aliphatic carbocycles. The number of nitrogens with one attached hydrogen (secondary N) is 1. The molecule has 0 aromatic carbocycles. The van der Waals surface area contributed by atoms with Crippen LogP contribution >= 0.6 is 11.6 Å². The molecule has 2 aromatic heterocycles. The number of aromatic nitrogens is 2. The van der Waals surface area contributed by atoms with Crippen molar-refractivity contribution in [2.24, 2.45) is 0 Å². The summed E-state index contributed by atoms with van der Waals surface area (Å²) in [5.74, 6) is 0.364. The number of sulfone groups is 1. The van der Waals surface area contributed by atoms with Gasteiger partial charge in [-0.15, -0.1) is 0 Å². The maximum absolute atomic E-state index is 12.2. The third-order valence-corrected chi connectivity index (χ3v) is 4.20. The molecule has 0 aliphatic heterocycles. The molecule has 0 unspecified atom stereocenters. The van der Waals surface area contributed by atoms with Crippen LogP contribution < -0.4 is 5.32 Å². The van der Waals surface area contributed by atoms with Crippen molar-refractivity contribution in [2.45, 2.75) is 5.03 Å².